The Bertz CT molecular complexity index is 118. The Balaban J connectivity index is -0.000000414. The third kappa shape index (κ3) is 31.2. The zero-order valence-electron chi connectivity index (χ0n) is 14.0. The third-order valence-corrected chi connectivity index (χ3v) is 3.27. The second-order valence-electron chi connectivity index (χ2n) is 5.34. The van der Waals surface area contributed by atoms with E-state index in [0.29, 0.717) is 13.2 Å². The van der Waals surface area contributed by atoms with Crippen molar-refractivity contribution in [3.8, 4) is 0 Å². The predicted molar refractivity (Wildman–Crippen MR) is 85.5 cm³/mol. The minimum Gasteiger partial charge on any atom is -0.396 e. The molecular weight excluding hydrogens is 284 g/mol. The molecule has 0 aliphatic carbocycles. The van der Waals surface area contributed by atoms with Crippen molar-refractivity contribution in [2.24, 2.45) is 0 Å². The molecule has 0 aromatic rings. The van der Waals surface area contributed by atoms with Gasteiger partial charge in [0.25, 0.3) is 0 Å². The van der Waals surface area contributed by atoms with Gasteiger partial charge in [-0.1, -0.05) is 84.5 Å². The average Bonchev–Trinajstić information content (AvgIpc) is 2.43. The van der Waals surface area contributed by atoms with E-state index in [9.17, 15) is 0 Å². The Hall–Kier alpha value is 0.634. The summed E-state index contributed by atoms with van der Waals surface area (Å²) in [6.07, 6.45) is 16.8. The molecule has 0 saturated heterocycles. The Kier molecular flexibility index (Phi) is 35.7. The van der Waals surface area contributed by atoms with E-state index in [2.05, 4.69) is 13.8 Å². The molecule has 0 bridgehead atoms. The van der Waals surface area contributed by atoms with Gasteiger partial charge in [-0.2, -0.15) is 0 Å². The predicted octanol–water partition coefficient (Wildman–Crippen LogP) is 5.07. The molecule has 0 atom stereocenters. The summed E-state index contributed by atoms with van der Waals surface area (Å²) in [6.45, 7) is 5.03. The monoisotopic (exact) mass is 322 g/mol. The maximum absolute atomic E-state index is 8.59. The molecule has 0 unspecified atom stereocenters. The van der Waals surface area contributed by atoms with Gasteiger partial charge >= 0.3 is 0 Å². The molecule has 0 rings (SSSR count). The minimum absolute atomic E-state index is 0. The van der Waals surface area contributed by atoms with Gasteiger partial charge in [-0.25, -0.2) is 0 Å². The molecule has 0 aromatic carbocycles. The number of aliphatic hydroxyl groups is 2. The molecule has 122 valence electrons. The summed E-state index contributed by atoms with van der Waals surface area (Å²) in [7, 11) is 0. The van der Waals surface area contributed by atoms with Crippen molar-refractivity contribution in [3.63, 3.8) is 0 Å². The van der Waals surface area contributed by atoms with E-state index in [-0.39, 0.29) is 21.7 Å². The van der Waals surface area contributed by atoms with Gasteiger partial charge < -0.3 is 10.2 Å². The summed E-state index contributed by atoms with van der Waals surface area (Å²) in [5.41, 5.74) is 0. The van der Waals surface area contributed by atoms with Crippen LogP contribution in [0.3, 0.4) is 0 Å². The molecule has 2 nitrogen and oxygen atoms in total. The fraction of sp³-hybridized carbons (Fsp3) is 1.00. The van der Waals surface area contributed by atoms with Crippen LogP contribution in [0, 0.1) is 0 Å². The molecule has 0 amide bonds. The van der Waals surface area contributed by atoms with E-state index < -0.39 is 0 Å². The van der Waals surface area contributed by atoms with Crippen molar-refractivity contribution < 1.29 is 31.9 Å². The number of aliphatic hydroxyl groups excluding tert-OH is 2. The van der Waals surface area contributed by atoms with E-state index >= 15 is 0 Å². The normalized spacial score (nSPS) is 9.60. The molecule has 0 aromatic heterocycles. The van der Waals surface area contributed by atoms with Gasteiger partial charge in [-0.15, -0.1) is 0 Å². The number of hydrogen-bond acceptors (Lipinski definition) is 2. The molecule has 0 radical (unpaired) electrons. The van der Waals surface area contributed by atoms with Crippen molar-refractivity contribution in [2.45, 2.75) is 97.3 Å². The van der Waals surface area contributed by atoms with Gasteiger partial charge in [0.05, 0.1) is 0 Å². The molecule has 0 fully saturated rings. The van der Waals surface area contributed by atoms with Crippen molar-refractivity contribution in [1.82, 2.24) is 0 Å². The SMILES string of the molecule is CCCCCCCCCCCCCO.CCCCO.[Ti]. The van der Waals surface area contributed by atoms with Gasteiger partial charge in [0, 0.05) is 34.9 Å². The molecule has 0 saturated carbocycles. The van der Waals surface area contributed by atoms with Crippen LogP contribution >= 0.6 is 0 Å². The zero-order chi connectivity index (χ0) is 14.6. The number of unbranched alkanes of at least 4 members (excludes halogenated alkanes) is 11. The van der Waals surface area contributed by atoms with Crippen LogP contribution in [-0.4, -0.2) is 23.4 Å². The van der Waals surface area contributed by atoms with Crippen LogP contribution in [-0.2, 0) is 21.7 Å². The van der Waals surface area contributed by atoms with Crippen molar-refractivity contribution in [3.05, 3.63) is 0 Å². The van der Waals surface area contributed by atoms with Crippen molar-refractivity contribution in [1.29, 1.82) is 0 Å². The second kappa shape index (κ2) is 27.9. The van der Waals surface area contributed by atoms with E-state index in [1.165, 1.54) is 64.2 Å². The molecule has 2 N–H and O–H groups in total. The first-order valence-corrected chi connectivity index (χ1v) is 8.55. The largest absolute Gasteiger partial charge is 0.396 e. The first-order chi connectivity index (χ1) is 9.33. The third-order valence-electron chi connectivity index (χ3n) is 3.27. The van der Waals surface area contributed by atoms with Gasteiger partial charge in [-0.3, -0.25) is 0 Å². The van der Waals surface area contributed by atoms with Crippen LogP contribution in [0.4, 0.5) is 0 Å². The molecule has 3 heteroatoms. The maximum Gasteiger partial charge on any atom is 0.0431 e. The van der Waals surface area contributed by atoms with E-state index in [1.807, 2.05) is 0 Å². The standard InChI is InChI=1S/C13H28O.C4H10O.Ti/c1-2-3-4-5-6-7-8-9-10-11-12-13-14;1-2-3-4-5;/h14H,2-13H2,1H3;5H,2-4H2,1H3;. The first kappa shape index (κ1) is 25.6. The Morgan fingerprint density at radius 1 is 0.450 bits per heavy atom. The van der Waals surface area contributed by atoms with Crippen molar-refractivity contribution in [2.75, 3.05) is 13.2 Å². The summed E-state index contributed by atoms with van der Waals surface area (Å²) < 4.78 is 0. The smallest absolute Gasteiger partial charge is 0.0431 e. The average molecular weight is 322 g/mol. The molecule has 0 aliphatic heterocycles. The summed E-state index contributed by atoms with van der Waals surface area (Å²) >= 11 is 0. The van der Waals surface area contributed by atoms with E-state index in [4.69, 9.17) is 10.2 Å². The van der Waals surface area contributed by atoms with Crippen LogP contribution in [0.1, 0.15) is 97.3 Å². The van der Waals surface area contributed by atoms with Crippen LogP contribution in [0.2, 0.25) is 0 Å². The Morgan fingerprint density at radius 2 is 0.750 bits per heavy atom. The van der Waals surface area contributed by atoms with Crippen LogP contribution in [0.25, 0.3) is 0 Å². The molecular formula is C17H38O2Ti. The Morgan fingerprint density at radius 3 is 1.00 bits per heavy atom. The van der Waals surface area contributed by atoms with Crippen LogP contribution < -0.4 is 0 Å². The zero-order valence-corrected chi connectivity index (χ0v) is 15.6. The van der Waals surface area contributed by atoms with E-state index in [0.717, 1.165) is 19.3 Å². The summed E-state index contributed by atoms with van der Waals surface area (Å²) in [6, 6.07) is 0. The first-order valence-electron chi connectivity index (χ1n) is 8.55. The number of rotatable bonds is 13. The van der Waals surface area contributed by atoms with Gasteiger partial charge in [0.15, 0.2) is 0 Å². The van der Waals surface area contributed by atoms with E-state index in [1.54, 1.807) is 0 Å². The van der Waals surface area contributed by atoms with Crippen molar-refractivity contribution >= 4 is 0 Å². The number of hydrogen-bond donors (Lipinski definition) is 2. The van der Waals surface area contributed by atoms with Crippen LogP contribution in [0.5, 0.6) is 0 Å². The Labute approximate surface area is 142 Å². The molecule has 0 spiro atoms. The topological polar surface area (TPSA) is 40.5 Å². The summed E-state index contributed by atoms with van der Waals surface area (Å²) in [5, 5.41) is 16.7. The second-order valence-corrected chi connectivity index (χ2v) is 5.34. The van der Waals surface area contributed by atoms with Crippen LogP contribution in [0.15, 0.2) is 0 Å². The fourth-order valence-corrected chi connectivity index (χ4v) is 1.93. The minimum atomic E-state index is 0. The molecule has 0 heterocycles. The maximum atomic E-state index is 8.59. The van der Waals surface area contributed by atoms with Gasteiger partial charge in [0.2, 0.25) is 0 Å². The fourth-order valence-electron chi connectivity index (χ4n) is 1.93. The van der Waals surface area contributed by atoms with Gasteiger partial charge in [0.1, 0.15) is 0 Å². The summed E-state index contributed by atoms with van der Waals surface area (Å²) in [4.78, 5) is 0. The summed E-state index contributed by atoms with van der Waals surface area (Å²) in [5.74, 6) is 0. The quantitative estimate of drug-likeness (QED) is 0.367. The molecule has 20 heavy (non-hydrogen) atoms. The molecule has 0 aliphatic rings. The van der Waals surface area contributed by atoms with Gasteiger partial charge in [-0.05, 0) is 12.8 Å².